The van der Waals surface area contributed by atoms with Gasteiger partial charge in [-0.05, 0) is 52.4 Å². The molecule has 0 aromatic carbocycles. The van der Waals surface area contributed by atoms with Gasteiger partial charge < -0.3 is 14.8 Å². The number of nitrogens with zero attached hydrogens (tertiary/aromatic N) is 1. The summed E-state index contributed by atoms with van der Waals surface area (Å²) in [5.74, 6) is 0.598. The maximum absolute atomic E-state index is 11.2. The highest BCUT2D eigenvalue weighted by Crippen LogP contribution is 2.29. The summed E-state index contributed by atoms with van der Waals surface area (Å²) in [6.07, 6.45) is 3.92. The van der Waals surface area contributed by atoms with Crippen LogP contribution in [0.2, 0.25) is 0 Å². The molecule has 0 saturated heterocycles. The van der Waals surface area contributed by atoms with Crippen molar-refractivity contribution < 1.29 is 14.7 Å². The highest BCUT2D eigenvalue weighted by atomic mass is 16.4. The molecule has 98 valence electrons. The van der Waals surface area contributed by atoms with E-state index in [9.17, 15) is 14.7 Å². The van der Waals surface area contributed by atoms with E-state index < -0.39 is 6.09 Å². The first kappa shape index (κ1) is 14.0. The molecule has 4 heteroatoms. The van der Waals surface area contributed by atoms with Gasteiger partial charge in [0.05, 0.1) is 0 Å². The first-order chi connectivity index (χ1) is 7.84. The van der Waals surface area contributed by atoms with E-state index >= 15 is 0 Å². The Kier molecular flexibility index (Phi) is 4.54. The van der Waals surface area contributed by atoms with E-state index in [2.05, 4.69) is 0 Å². The van der Waals surface area contributed by atoms with Gasteiger partial charge in [0.15, 0.2) is 0 Å². The predicted molar refractivity (Wildman–Crippen MR) is 66.0 cm³/mol. The van der Waals surface area contributed by atoms with Crippen LogP contribution in [-0.4, -0.2) is 34.5 Å². The van der Waals surface area contributed by atoms with Gasteiger partial charge in [-0.25, -0.2) is 4.79 Å². The van der Waals surface area contributed by atoms with Crippen LogP contribution in [0.25, 0.3) is 0 Å². The molecule has 17 heavy (non-hydrogen) atoms. The van der Waals surface area contributed by atoms with Crippen LogP contribution in [-0.2, 0) is 4.79 Å². The third kappa shape index (κ3) is 4.02. The van der Waals surface area contributed by atoms with Gasteiger partial charge in [-0.1, -0.05) is 0 Å². The summed E-state index contributed by atoms with van der Waals surface area (Å²) in [7, 11) is 0. The molecule has 1 aliphatic rings. The Hall–Kier alpha value is -1.06. The van der Waals surface area contributed by atoms with Crippen LogP contribution >= 0.6 is 0 Å². The molecule has 0 aromatic rings. The van der Waals surface area contributed by atoms with E-state index in [-0.39, 0.29) is 11.5 Å². The molecular formula is C13H23NO3. The number of carbonyl (C=O) groups excluding carboxylic acids is 1. The lowest BCUT2D eigenvalue weighted by molar-refractivity contribution is -0.112. The molecule has 0 radical (unpaired) electrons. The van der Waals surface area contributed by atoms with Gasteiger partial charge in [-0.15, -0.1) is 0 Å². The Bertz CT molecular complexity index is 275. The van der Waals surface area contributed by atoms with Gasteiger partial charge in [0.1, 0.15) is 6.29 Å². The Morgan fingerprint density at radius 2 is 1.82 bits per heavy atom. The van der Waals surface area contributed by atoms with Crippen LogP contribution in [0.1, 0.15) is 46.5 Å². The maximum atomic E-state index is 11.2. The first-order valence-corrected chi connectivity index (χ1v) is 6.30. The quantitative estimate of drug-likeness (QED) is 0.773. The standard InChI is InChI=1S/C13H23NO3/c1-13(2,3)14(12(16)17)8-10-4-6-11(9-15)7-5-10/h9-11H,4-8H2,1-3H3,(H,16,17)/t10-,11-. The van der Waals surface area contributed by atoms with Crippen molar-refractivity contribution in [3.63, 3.8) is 0 Å². The molecule has 1 N–H and O–H groups in total. The Morgan fingerprint density at radius 1 is 1.29 bits per heavy atom. The minimum Gasteiger partial charge on any atom is -0.465 e. The van der Waals surface area contributed by atoms with Crippen LogP contribution < -0.4 is 0 Å². The van der Waals surface area contributed by atoms with Gasteiger partial charge >= 0.3 is 6.09 Å². The lowest BCUT2D eigenvalue weighted by Gasteiger charge is -2.37. The molecule has 1 amide bonds. The molecule has 0 atom stereocenters. The van der Waals surface area contributed by atoms with Crippen LogP contribution in [0.5, 0.6) is 0 Å². The van der Waals surface area contributed by atoms with Crippen molar-refractivity contribution in [2.45, 2.75) is 52.0 Å². The summed E-state index contributed by atoms with van der Waals surface area (Å²) in [6, 6.07) is 0. The van der Waals surface area contributed by atoms with E-state index in [0.29, 0.717) is 12.5 Å². The maximum Gasteiger partial charge on any atom is 0.407 e. The molecule has 1 aliphatic carbocycles. The number of hydrogen-bond acceptors (Lipinski definition) is 2. The molecule has 0 aliphatic heterocycles. The van der Waals surface area contributed by atoms with Crippen molar-refractivity contribution in [3.8, 4) is 0 Å². The molecule has 0 aromatic heterocycles. The van der Waals surface area contributed by atoms with Crippen molar-refractivity contribution in [2.75, 3.05) is 6.54 Å². The van der Waals surface area contributed by atoms with Crippen molar-refractivity contribution in [3.05, 3.63) is 0 Å². The van der Waals surface area contributed by atoms with Crippen LogP contribution in [0.3, 0.4) is 0 Å². The lowest BCUT2D eigenvalue weighted by Crippen LogP contribution is -2.47. The Balaban J connectivity index is 2.52. The molecule has 0 bridgehead atoms. The van der Waals surface area contributed by atoms with Crippen molar-refractivity contribution in [1.29, 1.82) is 0 Å². The fraction of sp³-hybridized carbons (Fsp3) is 0.846. The zero-order valence-corrected chi connectivity index (χ0v) is 11.0. The summed E-state index contributed by atoms with van der Waals surface area (Å²) in [5.41, 5.74) is -0.354. The average Bonchev–Trinajstić information content (AvgIpc) is 2.24. The van der Waals surface area contributed by atoms with Gasteiger partial charge in [0.2, 0.25) is 0 Å². The summed E-state index contributed by atoms with van der Waals surface area (Å²) in [5, 5.41) is 9.21. The fourth-order valence-electron chi connectivity index (χ4n) is 2.40. The average molecular weight is 241 g/mol. The zero-order valence-electron chi connectivity index (χ0n) is 11.0. The monoisotopic (exact) mass is 241 g/mol. The zero-order chi connectivity index (χ0) is 13.1. The summed E-state index contributed by atoms with van der Waals surface area (Å²) >= 11 is 0. The third-order valence-corrected chi connectivity index (χ3v) is 3.57. The van der Waals surface area contributed by atoms with Crippen LogP contribution in [0.4, 0.5) is 4.79 Å². The number of aldehydes is 1. The number of carbonyl (C=O) groups is 2. The normalized spacial score (nSPS) is 25.4. The number of carboxylic acid groups (broad SMARTS) is 1. The molecule has 4 nitrogen and oxygen atoms in total. The lowest BCUT2D eigenvalue weighted by atomic mass is 9.82. The summed E-state index contributed by atoms with van der Waals surface area (Å²) < 4.78 is 0. The Labute approximate surface area is 103 Å². The van der Waals surface area contributed by atoms with E-state index in [4.69, 9.17) is 0 Å². The second-order valence-electron chi connectivity index (χ2n) is 5.98. The molecule has 0 unspecified atom stereocenters. The molecule has 1 fully saturated rings. The van der Waals surface area contributed by atoms with Crippen molar-refractivity contribution in [1.82, 2.24) is 4.90 Å². The van der Waals surface area contributed by atoms with Gasteiger partial charge in [0, 0.05) is 18.0 Å². The third-order valence-electron chi connectivity index (χ3n) is 3.57. The highest BCUT2D eigenvalue weighted by Gasteiger charge is 2.30. The molecule has 0 heterocycles. The van der Waals surface area contributed by atoms with E-state index in [1.807, 2.05) is 20.8 Å². The van der Waals surface area contributed by atoms with Gasteiger partial charge in [-0.3, -0.25) is 0 Å². The summed E-state index contributed by atoms with van der Waals surface area (Å²) in [6.45, 7) is 6.33. The second-order valence-corrected chi connectivity index (χ2v) is 5.98. The number of amides is 1. The van der Waals surface area contributed by atoms with Crippen molar-refractivity contribution in [2.24, 2.45) is 11.8 Å². The largest absolute Gasteiger partial charge is 0.465 e. The molecular weight excluding hydrogens is 218 g/mol. The summed E-state index contributed by atoms with van der Waals surface area (Å²) in [4.78, 5) is 23.4. The van der Waals surface area contributed by atoms with E-state index in [1.165, 1.54) is 4.90 Å². The topological polar surface area (TPSA) is 57.6 Å². The highest BCUT2D eigenvalue weighted by molar-refractivity contribution is 5.66. The predicted octanol–water partition coefficient (Wildman–Crippen LogP) is 2.77. The van der Waals surface area contributed by atoms with Crippen LogP contribution in [0, 0.1) is 11.8 Å². The molecule has 1 saturated carbocycles. The fourth-order valence-corrected chi connectivity index (χ4v) is 2.40. The van der Waals surface area contributed by atoms with Crippen molar-refractivity contribution >= 4 is 12.4 Å². The number of hydrogen-bond donors (Lipinski definition) is 1. The van der Waals surface area contributed by atoms with Crippen LogP contribution in [0.15, 0.2) is 0 Å². The second kappa shape index (κ2) is 5.52. The first-order valence-electron chi connectivity index (χ1n) is 6.30. The SMILES string of the molecule is CC(C)(C)N(C[C@H]1CC[C@H](C=O)CC1)C(=O)O. The molecule has 0 spiro atoms. The molecule has 1 rings (SSSR count). The van der Waals surface area contributed by atoms with E-state index in [1.54, 1.807) is 0 Å². The Morgan fingerprint density at radius 3 is 2.18 bits per heavy atom. The van der Waals surface area contributed by atoms with E-state index in [0.717, 1.165) is 32.0 Å². The minimum atomic E-state index is -0.852. The van der Waals surface area contributed by atoms with Gasteiger partial charge in [0.25, 0.3) is 0 Å². The minimum absolute atomic E-state index is 0.194. The smallest absolute Gasteiger partial charge is 0.407 e. The number of rotatable bonds is 3. The van der Waals surface area contributed by atoms with Gasteiger partial charge in [-0.2, -0.15) is 0 Å².